The number of likely N-dealkylation sites (tertiary alicyclic amines) is 1. The Morgan fingerprint density at radius 2 is 1.67 bits per heavy atom. The molecule has 1 aliphatic heterocycles. The van der Waals surface area contributed by atoms with Crippen molar-refractivity contribution in [2.75, 3.05) is 34.4 Å². The first-order valence-corrected chi connectivity index (χ1v) is 12.9. The van der Waals surface area contributed by atoms with Gasteiger partial charge in [0.15, 0.2) is 0 Å². The molecule has 1 heterocycles. The molecule has 184 valence electrons. The number of fused-ring (bicyclic) bond motifs is 5. The Labute approximate surface area is 213 Å². The van der Waals surface area contributed by atoms with Crippen LogP contribution in [0.25, 0.3) is 21.9 Å². The summed E-state index contributed by atoms with van der Waals surface area (Å²) in [6.45, 7) is 1.95. The molecule has 4 aromatic carbocycles. The van der Waals surface area contributed by atoms with Crippen LogP contribution in [0, 0.1) is 0 Å². The molecule has 4 aromatic rings. The van der Waals surface area contributed by atoms with Crippen molar-refractivity contribution in [2.45, 2.75) is 31.2 Å². The van der Waals surface area contributed by atoms with Crippen molar-refractivity contribution in [3.63, 3.8) is 0 Å². The predicted octanol–water partition coefficient (Wildman–Crippen LogP) is 6.88. The Morgan fingerprint density at radius 3 is 2.42 bits per heavy atom. The van der Waals surface area contributed by atoms with Gasteiger partial charge in [0.1, 0.15) is 17.2 Å². The monoisotopic (exact) mass is 479 g/mol. The number of benzene rings is 4. The van der Waals surface area contributed by atoms with Crippen LogP contribution >= 0.6 is 0 Å². The highest BCUT2D eigenvalue weighted by Crippen LogP contribution is 2.55. The minimum Gasteiger partial charge on any atom is -0.497 e. The van der Waals surface area contributed by atoms with Crippen molar-refractivity contribution < 1.29 is 14.2 Å². The summed E-state index contributed by atoms with van der Waals surface area (Å²) in [7, 11) is 5.67. The van der Waals surface area contributed by atoms with Gasteiger partial charge >= 0.3 is 0 Å². The van der Waals surface area contributed by atoms with Gasteiger partial charge < -0.3 is 19.1 Å². The number of nitrogens with zero attached hydrogens (tertiary/aromatic N) is 1. The fourth-order valence-corrected chi connectivity index (χ4v) is 6.14. The Bertz CT molecular complexity index is 1390. The highest BCUT2D eigenvalue weighted by molar-refractivity contribution is 5.98. The second-order valence-corrected chi connectivity index (χ2v) is 9.95. The second-order valence-electron chi connectivity index (χ2n) is 9.95. The lowest BCUT2D eigenvalue weighted by atomic mass is 9.86. The molecule has 2 unspecified atom stereocenters. The molecule has 0 bridgehead atoms. The zero-order chi connectivity index (χ0) is 24.6. The van der Waals surface area contributed by atoms with Crippen LogP contribution in [0.15, 0.2) is 72.8 Å². The van der Waals surface area contributed by atoms with Crippen LogP contribution in [-0.4, -0.2) is 45.4 Å². The number of rotatable bonds is 7. The standard InChI is InChI=1S/C32H33NO3/c1-33-17-6-8-23(33)16-18-36-24-13-10-22(11-14-24)30-31-26-9-5-4-7-21(26)12-15-27(31)28-19-25(34-2)20-29(35-3)32(28)30/h4-5,7,9-15,19-20,23,30H,6,8,16-18H2,1-3H3. The zero-order valence-electron chi connectivity index (χ0n) is 21.3. The molecule has 0 amide bonds. The minimum atomic E-state index is 0.0724. The lowest BCUT2D eigenvalue weighted by Gasteiger charge is -2.20. The van der Waals surface area contributed by atoms with E-state index in [4.69, 9.17) is 14.2 Å². The smallest absolute Gasteiger partial charge is 0.127 e. The molecule has 0 aromatic heterocycles. The summed E-state index contributed by atoms with van der Waals surface area (Å²) in [5.74, 6) is 2.67. The maximum absolute atomic E-state index is 6.15. The molecule has 0 spiro atoms. The van der Waals surface area contributed by atoms with Gasteiger partial charge in [0, 0.05) is 23.6 Å². The van der Waals surface area contributed by atoms with E-state index in [1.54, 1.807) is 14.2 Å². The first-order chi connectivity index (χ1) is 17.7. The van der Waals surface area contributed by atoms with E-state index in [0.717, 1.165) is 30.3 Å². The molecule has 4 heteroatoms. The van der Waals surface area contributed by atoms with E-state index in [0.29, 0.717) is 6.04 Å². The van der Waals surface area contributed by atoms with Crippen molar-refractivity contribution in [3.05, 3.63) is 89.5 Å². The SMILES string of the molecule is COc1cc(OC)c2c(c1)-c1ccc3ccccc3c1C2c1ccc(OCCC2CCCN2C)cc1. The number of hydrogen-bond donors (Lipinski definition) is 0. The Kier molecular flexibility index (Phi) is 6.06. The zero-order valence-corrected chi connectivity index (χ0v) is 21.3. The maximum Gasteiger partial charge on any atom is 0.127 e. The highest BCUT2D eigenvalue weighted by Gasteiger charge is 2.35. The average Bonchev–Trinajstić information content (AvgIpc) is 3.49. The molecule has 0 saturated carbocycles. The van der Waals surface area contributed by atoms with Crippen molar-refractivity contribution in [1.82, 2.24) is 4.90 Å². The second kappa shape index (κ2) is 9.51. The van der Waals surface area contributed by atoms with E-state index in [-0.39, 0.29) is 5.92 Å². The van der Waals surface area contributed by atoms with Gasteiger partial charge in [-0.1, -0.05) is 48.5 Å². The van der Waals surface area contributed by atoms with Crippen molar-refractivity contribution in [3.8, 4) is 28.4 Å². The number of hydrogen-bond acceptors (Lipinski definition) is 4. The van der Waals surface area contributed by atoms with Gasteiger partial charge in [-0.15, -0.1) is 0 Å². The van der Waals surface area contributed by atoms with E-state index in [1.165, 1.54) is 58.0 Å². The summed E-state index contributed by atoms with van der Waals surface area (Å²) < 4.78 is 17.7. The van der Waals surface area contributed by atoms with Gasteiger partial charge in [-0.3, -0.25) is 0 Å². The summed E-state index contributed by atoms with van der Waals surface area (Å²) in [5, 5.41) is 2.52. The first kappa shape index (κ1) is 22.9. The first-order valence-electron chi connectivity index (χ1n) is 12.9. The van der Waals surface area contributed by atoms with Crippen LogP contribution in [0.4, 0.5) is 0 Å². The van der Waals surface area contributed by atoms with Crippen LogP contribution < -0.4 is 14.2 Å². The Hall–Kier alpha value is -3.50. The van der Waals surface area contributed by atoms with Gasteiger partial charge in [-0.25, -0.2) is 0 Å². The largest absolute Gasteiger partial charge is 0.497 e. The fourth-order valence-electron chi connectivity index (χ4n) is 6.14. The summed E-state index contributed by atoms with van der Waals surface area (Å²) >= 11 is 0. The molecule has 1 aliphatic carbocycles. The highest BCUT2D eigenvalue weighted by atomic mass is 16.5. The predicted molar refractivity (Wildman–Crippen MR) is 146 cm³/mol. The van der Waals surface area contributed by atoms with Crippen LogP contribution in [0.5, 0.6) is 17.2 Å². The molecule has 36 heavy (non-hydrogen) atoms. The molecule has 1 saturated heterocycles. The minimum absolute atomic E-state index is 0.0724. The van der Waals surface area contributed by atoms with E-state index in [2.05, 4.69) is 78.7 Å². The summed E-state index contributed by atoms with van der Waals surface area (Å²) in [5.41, 5.74) is 6.18. The maximum atomic E-state index is 6.15. The summed E-state index contributed by atoms with van der Waals surface area (Å²) in [6.07, 6.45) is 3.65. The van der Waals surface area contributed by atoms with Gasteiger partial charge in [0.05, 0.1) is 20.8 Å². The topological polar surface area (TPSA) is 30.9 Å². The van der Waals surface area contributed by atoms with Crippen molar-refractivity contribution in [2.24, 2.45) is 0 Å². The molecular weight excluding hydrogens is 446 g/mol. The van der Waals surface area contributed by atoms with Crippen LogP contribution in [0.3, 0.4) is 0 Å². The fraction of sp³-hybridized carbons (Fsp3) is 0.312. The van der Waals surface area contributed by atoms with Gasteiger partial charge in [-0.05, 0) is 84.1 Å². The van der Waals surface area contributed by atoms with Gasteiger partial charge in [-0.2, -0.15) is 0 Å². The molecule has 6 rings (SSSR count). The third-order valence-electron chi connectivity index (χ3n) is 8.01. The summed E-state index contributed by atoms with van der Waals surface area (Å²) in [4.78, 5) is 2.45. The Balaban J connectivity index is 1.38. The lowest BCUT2D eigenvalue weighted by molar-refractivity contribution is 0.233. The molecule has 1 fully saturated rings. The molecule has 0 N–H and O–H groups in total. The van der Waals surface area contributed by atoms with E-state index < -0.39 is 0 Å². The third kappa shape index (κ3) is 3.90. The van der Waals surface area contributed by atoms with E-state index in [1.807, 2.05) is 6.07 Å². The number of methoxy groups -OCH3 is 2. The van der Waals surface area contributed by atoms with Crippen molar-refractivity contribution in [1.29, 1.82) is 0 Å². The molecule has 0 radical (unpaired) electrons. The third-order valence-corrected chi connectivity index (χ3v) is 8.01. The van der Waals surface area contributed by atoms with Crippen LogP contribution in [-0.2, 0) is 0 Å². The lowest BCUT2D eigenvalue weighted by Crippen LogP contribution is -2.26. The van der Waals surface area contributed by atoms with Gasteiger partial charge in [0.25, 0.3) is 0 Å². The van der Waals surface area contributed by atoms with Crippen LogP contribution in [0.1, 0.15) is 41.9 Å². The average molecular weight is 480 g/mol. The summed E-state index contributed by atoms with van der Waals surface area (Å²) in [6, 6.07) is 26.5. The molecule has 2 atom stereocenters. The van der Waals surface area contributed by atoms with E-state index >= 15 is 0 Å². The molecule has 4 nitrogen and oxygen atoms in total. The van der Waals surface area contributed by atoms with Crippen molar-refractivity contribution >= 4 is 10.8 Å². The quantitative estimate of drug-likeness (QED) is 0.255. The van der Waals surface area contributed by atoms with E-state index in [9.17, 15) is 0 Å². The molecule has 2 aliphatic rings. The van der Waals surface area contributed by atoms with Gasteiger partial charge in [0.2, 0.25) is 0 Å². The molecular formula is C32H33NO3. The van der Waals surface area contributed by atoms with Crippen LogP contribution in [0.2, 0.25) is 0 Å². The number of ether oxygens (including phenoxy) is 3. The Morgan fingerprint density at radius 1 is 0.833 bits per heavy atom. The normalized spacial score (nSPS) is 18.8.